The molecule has 1 saturated heterocycles. The van der Waals surface area contributed by atoms with Gasteiger partial charge in [0.15, 0.2) is 0 Å². The summed E-state index contributed by atoms with van der Waals surface area (Å²) in [6, 6.07) is 2.15. The van der Waals surface area contributed by atoms with E-state index in [0.717, 1.165) is 5.69 Å². The Kier molecular flexibility index (Phi) is 2.96. The Balaban J connectivity index is 2.55. The molecule has 1 aromatic carbocycles. The number of carbonyl (C=O) groups excluding carboxylic acids is 1. The summed E-state index contributed by atoms with van der Waals surface area (Å²) in [6.07, 6.45) is 0.464. The monoisotopic (exact) mass is 232 g/mol. The molecule has 92 valence electrons. The Hall–Kier alpha value is -1.35. The Morgan fingerprint density at radius 2 is 1.71 bits per heavy atom. The van der Waals surface area contributed by atoms with Gasteiger partial charge in [-0.25, -0.2) is 0 Å². The number of carbonyl (C=O) groups is 1. The molecule has 0 radical (unpaired) electrons. The van der Waals surface area contributed by atoms with Crippen LogP contribution in [0, 0.1) is 27.7 Å². The molecule has 1 fully saturated rings. The first-order valence-corrected chi connectivity index (χ1v) is 6.05. The number of amides is 1. The second kappa shape index (κ2) is 4.15. The van der Waals surface area contributed by atoms with E-state index >= 15 is 0 Å². The van der Waals surface area contributed by atoms with Crippen molar-refractivity contribution in [2.45, 2.75) is 40.2 Å². The Morgan fingerprint density at radius 3 is 2.12 bits per heavy atom. The molecular weight excluding hydrogens is 212 g/mol. The minimum absolute atomic E-state index is 0.0258. The molecule has 3 heteroatoms. The Labute approximate surface area is 103 Å². The van der Waals surface area contributed by atoms with Gasteiger partial charge in [-0.3, -0.25) is 4.79 Å². The molecule has 1 unspecified atom stereocenters. The van der Waals surface area contributed by atoms with Crippen molar-refractivity contribution in [1.29, 1.82) is 0 Å². The summed E-state index contributed by atoms with van der Waals surface area (Å²) in [5.41, 5.74) is 11.8. The second-order valence-electron chi connectivity index (χ2n) is 5.08. The quantitative estimate of drug-likeness (QED) is 0.804. The van der Waals surface area contributed by atoms with E-state index in [1.165, 1.54) is 22.3 Å². The van der Waals surface area contributed by atoms with Crippen molar-refractivity contribution in [2.75, 3.05) is 11.4 Å². The van der Waals surface area contributed by atoms with Crippen molar-refractivity contribution in [2.24, 2.45) is 5.73 Å². The zero-order valence-corrected chi connectivity index (χ0v) is 11.0. The molecule has 0 spiro atoms. The first kappa shape index (κ1) is 12.1. The van der Waals surface area contributed by atoms with Gasteiger partial charge in [0, 0.05) is 19.0 Å². The van der Waals surface area contributed by atoms with E-state index in [4.69, 9.17) is 5.73 Å². The van der Waals surface area contributed by atoms with Gasteiger partial charge in [-0.05, 0) is 49.9 Å². The topological polar surface area (TPSA) is 46.3 Å². The van der Waals surface area contributed by atoms with Crippen molar-refractivity contribution in [1.82, 2.24) is 0 Å². The van der Waals surface area contributed by atoms with E-state index in [2.05, 4.69) is 33.8 Å². The highest BCUT2D eigenvalue weighted by atomic mass is 16.2. The highest BCUT2D eigenvalue weighted by molar-refractivity contribution is 5.98. The summed E-state index contributed by atoms with van der Waals surface area (Å²) in [5.74, 6) is 0.147. The predicted molar refractivity (Wildman–Crippen MR) is 70.3 cm³/mol. The van der Waals surface area contributed by atoms with Crippen molar-refractivity contribution in [3.63, 3.8) is 0 Å². The first-order chi connectivity index (χ1) is 7.91. The average Bonchev–Trinajstić information content (AvgIpc) is 2.56. The highest BCUT2D eigenvalue weighted by Gasteiger charge is 2.30. The van der Waals surface area contributed by atoms with E-state index in [-0.39, 0.29) is 11.9 Å². The number of rotatable bonds is 1. The van der Waals surface area contributed by atoms with Crippen LogP contribution < -0.4 is 10.6 Å². The summed E-state index contributed by atoms with van der Waals surface area (Å²) < 4.78 is 0. The van der Waals surface area contributed by atoms with Crippen molar-refractivity contribution >= 4 is 11.6 Å². The molecule has 2 rings (SSSR count). The van der Waals surface area contributed by atoms with E-state index in [0.29, 0.717) is 13.0 Å². The lowest BCUT2D eigenvalue weighted by atomic mass is 9.98. The van der Waals surface area contributed by atoms with Gasteiger partial charge in [0.1, 0.15) is 0 Å². The molecule has 1 atom stereocenters. The van der Waals surface area contributed by atoms with Gasteiger partial charge in [0.25, 0.3) is 0 Å². The molecular formula is C14H20N2O. The zero-order chi connectivity index (χ0) is 12.7. The number of benzene rings is 1. The van der Waals surface area contributed by atoms with Crippen LogP contribution in [-0.4, -0.2) is 18.5 Å². The highest BCUT2D eigenvalue weighted by Crippen LogP contribution is 2.32. The fourth-order valence-electron chi connectivity index (χ4n) is 2.55. The van der Waals surface area contributed by atoms with Crippen LogP contribution in [0.25, 0.3) is 0 Å². The maximum Gasteiger partial charge on any atom is 0.228 e. The minimum atomic E-state index is -0.0258. The summed E-state index contributed by atoms with van der Waals surface area (Å²) in [6.45, 7) is 8.98. The fraction of sp³-hybridized carbons (Fsp3) is 0.500. The maximum atomic E-state index is 12.0. The molecule has 0 aromatic heterocycles. The van der Waals surface area contributed by atoms with Crippen LogP contribution >= 0.6 is 0 Å². The summed E-state index contributed by atoms with van der Waals surface area (Å²) in [5, 5.41) is 0. The minimum Gasteiger partial charge on any atom is -0.326 e. The largest absolute Gasteiger partial charge is 0.326 e. The summed E-state index contributed by atoms with van der Waals surface area (Å²) in [7, 11) is 0. The van der Waals surface area contributed by atoms with Crippen LogP contribution in [0.3, 0.4) is 0 Å². The van der Waals surface area contributed by atoms with E-state index in [9.17, 15) is 4.79 Å². The van der Waals surface area contributed by atoms with Gasteiger partial charge < -0.3 is 10.6 Å². The van der Waals surface area contributed by atoms with Gasteiger partial charge in [-0.1, -0.05) is 6.07 Å². The third-order valence-corrected chi connectivity index (χ3v) is 3.75. The number of anilines is 1. The lowest BCUT2D eigenvalue weighted by Crippen LogP contribution is -2.29. The smallest absolute Gasteiger partial charge is 0.228 e. The standard InChI is InChI=1S/C14H20N2O/c1-8-5-9(2)11(4)14(10(8)3)16-7-12(15)6-13(16)17/h5,12H,6-7,15H2,1-4H3. The van der Waals surface area contributed by atoms with Crippen LogP contribution in [-0.2, 0) is 4.79 Å². The average molecular weight is 232 g/mol. The molecule has 1 aliphatic heterocycles. The van der Waals surface area contributed by atoms with Crippen molar-refractivity contribution < 1.29 is 4.79 Å². The molecule has 0 saturated carbocycles. The van der Waals surface area contributed by atoms with Gasteiger partial charge in [0.2, 0.25) is 5.91 Å². The molecule has 1 aliphatic rings. The zero-order valence-electron chi connectivity index (χ0n) is 11.0. The Morgan fingerprint density at radius 1 is 1.18 bits per heavy atom. The number of nitrogens with zero attached hydrogens (tertiary/aromatic N) is 1. The van der Waals surface area contributed by atoms with Gasteiger partial charge in [0.05, 0.1) is 5.69 Å². The maximum absolute atomic E-state index is 12.0. The molecule has 17 heavy (non-hydrogen) atoms. The lowest BCUT2D eigenvalue weighted by Gasteiger charge is -2.24. The number of aryl methyl sites for hydroxylation is 2. The van der Waals surface area contributed by atoms with Crippen LogP contribution in [0.4, 0.5) is 5.69 Å². The van der Waals surface area contributed by atoms with Crippen LogP contribution in [0.15, 0.2) is 6.07 Å². The third-order valence-electron chi connectivity index (χ3n) is 3.75. The number of hydrogen-bond acceptors (Lipinski definition) is 2. The van der Waals surface area contributed by atoms with Crippen LogP contribution in [0.5, 0.6) is 0 Å². The molecule has 1 aromatic rings. The van der Waals surface area contributed by atoms with Gasteiger partial charge in [-0.15, -0.1) is 0 Å². The van der Waals surface area contributed by atoms with Crippen molar-refractivity contribution in [3.8, 4) is 0 Å². The SMILES string of the molecule is Cc1cc(C)c(C)c(N2CC(N)CC2=O)c1C. The molecule has 1 amide bonds. The predicted octanol–water partition coefficient (Wildman–Crippen LogP) is 1.98. The summed E-state index contributed by atoms with van der Waals surface area (Å²) >= 11 is 0. The lowest BCUT2D eigenvalue weighted by molar-refractivity contribution is -0.117. The summed E-state index contributed by atoms with van der Waals surface area (Å²) in [4.78, 5) is 13.8. The Bertz CT molecular complexity index is 453. The van der Waals surface area contributed by atoms with Crippen LogP contribution in [0.2, 0.25) is 0 Å². The van der Waals surface area contributed by atoms with Gasteiger partial charge in [-0.2, -0.15) is 0 Å². The molecule has 3 nitrogen and oxygen atoms in total. The second-order valence-corrected chi connectivity index (χ2v) is 5.08. The normalized spacial score (nSPS) is 20.2. The van der Waals surface area contributed by atoms with E-state index < -0.39 is 0 Å². The molecule has 2 N–H and O–H groups in total. The molecule has 0 aliphatic carbocycles. The molecule has 0 bridgehead atoms. The fourth-order valence-corrected chi connectivity index (χ4v) is 2.55. The van der Waals surface area contributed by atoms with E-state index in [1.807, 2.05) is 4.90 Å². The third kappa shape index (κ3) is 1.95. The van der Waals surface area contributed by atoms with E-state index in [1.54, 1.807) is 0 Å². The van der Waals surface area contributed by atoms with Crippen molar-refractivity contribution in [3.05, 3.63) is 28.3 Å². The van der Waals surface area contributed by atoms with Crippen LogP contribution in [0.1, 0.15) is 28.7 Å². The number of hydrogen-bond donors (Lipinski definition) is 1. The molecule has 1 heterocycles. The van der Waals surface area contributed by atoms with Gasteiger partial charge >= 0.3 is 0 Å². The number of nitrogens with two attached hydrogens (primary N) is 1. The first-order valence-electron chi connectivity index (χ1n) is 6.05.